The van der Waals surface area contributed by atoms with Gasteiger partial charge in [-0.15, -0.1) is 0 Å². The molecule has 20 heavy (non-hydrogen) atoms. The number of nitriles is 1. The molecule has 0 spiro atoms. The molecule has 1 heterocycles. The van der Waals surface area contributed by atoms with E-state index in [9.17, 15) is 4.79 Å². The first-order valence-corrected chi connectivity index (χ1v) is 6.25. The van der Waals surface area contributed by atoms with Gasteiger partial charge in [-0.2, -0.15) is 5.26 Å². The number of carbonyl (C=O) groups excluding carboxylic acids is 1. The maximum atomic E-state index is 11.9. The first-order chi connectivity index (χ1) is 9.41. The lowest BCUT2D eigenvalue weighted by Crippen LogP contribution is -2.42. The van der Waals surface area contributed by atoms with Crippen LogP contribution in [0.4, 0.5) is 0 Å². The first kappa shape index (κ1) is 14.1. The summed E-state index contributed by atoms with van der Waals surface area (Å²) in [6.07, 6.45) is 0. The third-order valence-corrected chi connectivity index (χ3v) is 2.83. The Hall–Kier alpha value is -2.32. The number of rotatable bonds is 3. The summed E-state index contributed by atoms with van der Waals surface area (Å²) in [5, 5.41) is 15.7. The van der Waals surface area contributed by atoms with Crippen LogP contribution >= 0.6 is 11.6 Å². The van der Waals surface area contributed by atoms with E-state index in [0.29, 0.717) is 10.8 Å². The highest BCUT2D eigenvalue weighted by molar-refractivity contribution is 6.30. The van der Waals surface area contributed by atoms with Gasteiger partial charge in [0.1, 0.15) is 5.54 Å². The highest BCUT2D eigenvalue weighted by Crippen LogP contribution is 2.22. The summed E-state index contributed by atoms with van der Waals surface area (Å²) < 4.78 is 5.12. The summed E-state index contributed by atoms with van der Waals surface area (Å²) in [5.41, 5.74) is -0.0741. The van der Waals surface area contributed by atoms with E-state index < -0.39 is 11.4 Å². The molecular weight excluding hydrogens is 278 g/mol. The Kier molecular flexibility index (Phi) is 3.77. The largest absolute Gasteiger partial charge is 0.355 e. The minimum absolute atomic E-state index is 0.123. The number of hydrogen-bond donors (Lipinski definition) is 1. The zero-order valence-electron chi connectivity index (χ0n) is 11.0. The van der Waals surface area contributed by atoms with Crippen molar-refractivity contribution in [3.8, 4) is 17.4 Å². The maximum absolute atomic E-state index is 11.9. The molecule has 2 aromatic rings. The highest BCUT2D eigenvalue weighted by atomic mass is 35.5. The van der Waals surface area contributed by atoms with E-state index in [1.54, 1.807) is 38.1 Å². The minimum atomic E-state index is -0.962. The third kappa shape index (κ3) is 3.16. The molecule has 0 aliphatic heterocycles. The number of nitrogens with one attached hydrogen (secondary N) is 1. The standard InChI is InChI=1S/C14H12ClN3O2/c1-14(2,8-16)17-13(19)11-7-12(20-18-11)9-3-5-10(15)6-4-9/h3-7H,1-2H3,(H,17,19). The predicted octanol–water partition coefficient (Wildman–Crippen LogP) is 3.03. The number of hydrogen-bond acceptors (Lipinski definition) is 4. The van der Waals surface area contributed by atoms with Crippen molar-refractivity contribution < 1.29 is 9.32 Å². The van der Waals surface area contributed by atoms with E-state index in [1.807, 2.05) is 6.07 Å². The predicted molar refractivity (Wildman–Crippen MR) is 74.1 cm³/mol. The Labute approximate surface area is 121 Å². The van der Waals surface area contributed by atoms with Crippen molar-refractivity contribution in [1.82, 2.24) is 10.5 Å². The van der Waals surface area contributed by atoms with Crippen LogP contribution < -0.4 is 5.32 Å². The van der Waals surface area contributed by atoms with Crippen LogP contribution in [0.3, 0.4) is 0 Å². The fourth-order valence-corrected chi connectivity index (χ4v) is 1.63. The maximum Gasteiger partial charge on any atom is 0.274 e. The van der Waals surface area contributed by atoms with Gasteiger partial charge in [0.15, 0.2) is 11.5 Å². The molecule has 5 nitrogen and oxygen atoms in total. The van der Waals surface area contributed by atoms with Crippen molar-refractivity contribution >= 4 is 17.5 Å². The normalized spacial score (nSPS) is 10.9. The summed E-state index contributed by atoms with van der Waals surface area (Å²) in [4.78, 5) is 11.9. The molecule has 0 aliphatic carbocycles. The molecule has 0 radical (unpaired) electrons. The Bertz CT molecular complexity index is 668. The Morgan fingerprint density at radius 1 is 1.40 bits per heavy atom. The number of amides is 1. The van der Waals surface area contributed by atoms with E-state index in [1.165, 1.54) is 6.07 Å². The second-order valence-electron chi connectivity index (χ2n) is 4.77. The molecule has 6 heteroatoms. The van der Waals surface area contributed by atoms with Gasteiger partial charge in [-0.05, 0) is 38.1 Å². The fourth-order valence-electron chi connectivity index (χ4n) is 1.51. The van der Waals surface area contributed by atoms with Crippen molar-refractivity contribution in [2.75, 3.05) is 0 Å². The SMILES string of the molecule is CC(C)(C#N)NC(=O)c1cc(-c2ccc(Cl)cc2)on1. The molecule has 2 rings (SSSR count). The molecular formula is C14H12ClN3O2. The highest BCUT2D eigenvalue weighted by Gasteiger charge is 2.22. The minimum Gasteiger partial charge on any atom is -0.355 e. The molecule has 0 aliphatic rings. The van der Waals surface area contributed by atoms with Crippen molar-refractivity contribution in [2.24, 2.45) is 0 Å². The fraction of sp³-hybridized carbons (Fsp3) is 0.214. The summed E-state index contributed by atoms with van der Waals surface area (Å²) in [5.74, 6) is 0.00194. The summed E-state index contributed by atoms with van der Waals surface area (Å²) in [7, 11) is 0. The lowest BCUT2D eigenvalue weighted by atomic mass is 10.1. The van der Waals surface area contributed by atoms with Crippen LogP contribution in [-0.2, 0) is 0 Å². The van der Waals surface area contributed by atoms with Gasteiger partial charge in [0.25, 0.3) is 5.91 Å². The smallest absolute Gasteiger partial charge is 0.274 e. The molecule has 0 bridgehead atoms. The molecule has 1 aromatic carbocycles. The van der Waals surface area contributed by atoms with E-state index in [-0.39, 0.29) is 5.69 Å². The molecule has 0 atom stereocenters. The topological polar surface area (TPSA) is 78.9 Å². The number of halogens is 1. The Morgan fingerprint density at radius 3 is 2.65 bits per heavy atom. The molecule has 0 fully saturated rings. The molecule has 1 aromatic heterocycles. The molecule has 0 unspecified atom stereocenters. The van der Waals surface area contributed by atoms with E-state index in [0.717, 1.165) is 5.56 Å². The number of nitrogens with zero attached hydrogens (tertiary/aromatic N) is 2. The number of benzene rings is 1. The second kappa shape index (κ2) is 5.35. The van der Waals surface area contributed by atoms with Crippen molar-refractivity contribution in [1.29, 1.82) is 5.26 Å². The van der Waals surface area contributed by atoms with Gasteiger partial charge >= 0.3 is 0 Å². The number of carbonyl (C=O) groups is 1. The molecule has 1 N–H and O–H groups in total. The average molecular weight is 290 g/mol. The van der Waals surface area contributed by atoms with E-state index >= 15 is 0 Å². The van der Waals surface area contributed by atoms with Crippen LogP contribution in [0.5, 0.6) is 0 Å². The van der Waals surface area contributed by atoms with Gasteiger partial charge in [0.05, 0.1) is 6.07 Å². The second-order valence-corrected chi connectivity index (χ2v) is 5.21. The van der Waals surface area contributed by atoms with Crippen LogP contribution in [0.15, 0.2) is 34.9 Å². The van der Waals surface area contributed by atoms with Crippen LogP contribution in [-0.4, -0.2) is 16.6 Å². The van der Waals surface area contributed by atoms with Gasteiger partial charge in [-0.3, -0.25) is 4.79 Å². The van der Waals surface area contributed by atoms with Gasteiger partial charge in [0, 0.05) is 16.7 Å². The monoisotopic (exact) mass is 289 g/mol. The van der Waals surface area contributed by atoms with E-state index in [4.69, 9.17) is 21.4 Å². The molecule has 0 saturated heterocycles. The lowest BCUT2D eigenvalue weighted by Gasteiger charge is -2.15. The zero-order chi connectivity index (χ0) is 14.8. The van der Waals surface area contributed by atoms with Gasteiger partial charge in [-0.1, -0.05) is 16.8 Å². The summed E-state index contributed by atoms with van der Waals surface area (Å²) in [6.45, 7) is 3.20. The first-order valence-electron chi connectivity index (χ1n) is 5.88. The average Bonchev–Trinajstić information content (AvgIpc) is 2.89. The number of aromatic nitrogens is 1. The van der Waals surface area contributed by atoms with Crippen LogP contribution in [0.1, 0.15) is 24.3 Å². The van der Waals surface area contributed by atoms with Gasteiger partial charge in [0.2, 0.25) is 0 Å². The third-order valence-electron chi connectivity index (χ3n) is 2.58. The van der Waals surface area contributed by atoms with Crippen LogP contribution in [0.2, 0.25) is 5.02 Å². The molecule has 0 saturated carbocycles. The van der Waals surface area contributed by atoms with E-state index in [2.05, 4.69) is 10.5 Å². The van der Waals surface area contributed by atoms with Crippen LogP contribution in [0, 0.1) is 11.3 Å². The lowest BCUT2D eigenvalue weighted by molar-refractivity contribution is 0.0920. The zero-order valence-corrected chi connectivity index (χ0v) is 11.7. The summed E-state index contributed by atoms with van der Waals surface area (Å²) >= 11 is 5.80. The van der Waals surface area contributed by atoms with Crippen molar-refractivity contribution in [2.45, 2.75) is 19.4 Å². The van der Waals surface area contributed by atoms with Crippen molar-refractivity contribution in [3.05, 3.63) is 41.0 Å². The molecule has 1 amide bonds. The van der Waals surface area contributed by atoms with Crippen LogP contribution in [0.25, 0.3) is 11.3 Å². The Balaban J connectivity index is 2.19. The van der Waals surface area contributed by atoms with Crippen molar-refractivity contribution in [3.63, 3.8) is 0 Å². The van der Waals surface area contributed by atoms with Gasteiger partial charge < -0.3 is 9.84 Å². The quantitative estimate of drug-likeness (QED) is 0.942. The summed E-state index contributed by atoms with van der Waals surface area (Å²) in [6, 6.07) is 10.5. The van der Waals surface area contributed by atoms with Gasteiger partial charge in [-0.25, -0.2) is 0 Å². The molecule has 102 valence electrons. The Morgan fingerprint density at radius 2 is 2.05 bits per heavy atom.